The van der Waals surface area contributed by atoms with Crippen molar-refractivity contribution in [2.75, 3.05) is 7.05 Å². The number of rotatable bonds is 8. The first kappa shape index (κ1) is 21.0. The second kappa shape index (κ2) is 9.69. The number of Topliss-reactive ketones (excluding diaryl/α,β-unsaturated/α-hetero) is 1. The third-order valence-corrected chi connectivity index (χ3v) is 4.57. The highest BCUT2D eigenvalue weighted by molar-refractivity contribution is 6.35. The summed E-state index contributed by atoms with van der Waals surface area (Å²) in [4.78, 5) is 23.4. The van der Waals surface area contributed by atoms with Gasteiger partial charge in [0.15, 0.2) is 5.76 Å². The maximum absolute atomic E-state index is 13.8. The summed E-state index contributed by atoms with van der Waals surface area (Å²) in [5.74, 6) is -1.75. The summed E-state index contributed by atoms with van der Waals surface area (Å²) < 4.78 is 28.9. The van der Waals surface area contributed by atoms with E-state index in [2.05, 4.69) is 15.0 Å². The molecule has 0 fully saturated rings. The van der Waals surface area contributed by atoms with Crippen LogP contribution in [-0.2, 0) is 11.3 Å². The topological polar surface area (TPSA) is 80.4 Å². The number of aromatic nitrogens is 3. The predicted octanol–water partition coefficient (Wildman–Crippen LogP) is 3.95. The molecular weight excluding hydrogens is 390 g/mol. The van der Waals surface area contributed by atoms with Crippen molar-refractivity contribution in [2.24, 2.45) is 4.99 Å². The zero-order valence-corrected chi connectivity index (χ0v) is 16.2. The molecule has 0 aliphatic carbocycles. The molecule has 0 unspecified atom stereocenters. The van der Waals surface area contributed by atoms with E-state index in [0.29, 0.717) is 24.4 Å². The lowest BCUT2D eigenvalue weighted by Crippen LogP contribution is -2.09. The number of allylic oxidation sites excluding steroid dienone is 1. The fourth-order valence-corrected chi connectivity index (χ4v) is 3.13. The molecular formula is C22H20F2N4O2. The van der Waals surface area contributed by atoms with Gasteiger partial charge in [0.05, 0.1) is 12.4 Å². The average Bonchev–Trinajstić information content (AvgIpc) is 3.16. The lowest BCUT2D eigenvalue weighted by molar-refractivity contribution is -0.111. The van der Waals surface area contributed by atoms with Gasteiger partial charge in [-0.05, 0) is 35.7 Å². The number of aliphatic hydroxyl groups is 1. The van der Waals surface area contributed by atoms with Gasteiger partial charge in [-0.1, -0.05) is 12.1 Å². The number of carbonyl (C=O) groups excluding carboxylic acids is 1. The number of pyridine rings is 1. The van der Waals surface area contributed by atoms with Crippen molar-refractivity contribution in [3.05, 3.63) is 89.5 Å². The normalized spacial score (nSPS) is 13.0. The van der Waals surface area contributed by atoms with Gasteiger partial charge >= 0.3 is 0 Å². The number of imidazole rings is 1. The van der Waals surface area contributed by atoms with Gasteiger partial charge < -0.3 is 9.67 Å². The first-order valence-corrected chi connectivity index (χ1v) is 9.22. The van der Waals surface area contributed by atoms with Gasteiger partial charge in [-0.2, -0.15) is 0 Å². The molecule has 0 aliphatic heterocycles. The molecule has 0 spiro atoms. The zero-order valence-electron chi connectivity index (χ0n) is 16.2. The van der Waals surface area contributed by atoms with E-state index in [-0.39, 0.29) is 11.7 Å². The molecule has 2 aromatic heterocycles. The van der Waals surface area contributed by atoms with E-state index < -0.39 is 17.4 Å². The maximum atomic E-state index is 13.8. The van der Waals surface area contributed by atoms with E-state index in [4.69, 9.17) is 0 Å². The van der Waals surface area contributed by atoms with Crippen molar-refractivity contribution >= 4 is 18.1 Å². The minimum absolute atomic E-state index is 0.240. The summed E-state index contributed by atoms with van der Waals surface area (Å²) in [6, 6.07) is 7.45. The number of carbonyl (C=O) groups is 1. The molecule has 0 amide bonds. The van der Waals surface area contributed by atoms with Gasteiger partial charge in [-0.15, -0.1) is 0 Å². The predicted molar refractivity (Wildman–Crippen MR) is 109 cm³/mol. The molecule has 1 atom stereocenters. The van der Waals surface area contributed by atoms with Crippen molar-refractivity contribution in [1.29, 1.82) is 0 Å². The van der Waals surface area contributed by atoms with Gasteiger partial charge in [-0.25, -0.2) is 13.8 Å². The van der Waals surface area contributed by atoms with Gasteiger partial charge in [0.2, 0.25) is 5.78 Å². The van der Waals surface area contributed by atoms with Crippen LogP contribution in [0.5, 0.6) is 0 Å². The third kappa shape index (κ3) is 5.22. The Labute approximate surface area is 172 Å². The van der Waals surface area contributed by atoms with E-state index in [1.165, 1.54) is 31.3 Å². The van der Waals surface area contributed by atoms with Crippen molar-refractivity contribution in [3.8, 4) is 0 Å². The summed E-state index contributed by atoms with van der Waals surface area (Å²) in [5, 5.41) is 9.92. The minimum atomic E-state index is -0.623. The molecule has 8 heteroatoms. The van der Waals surface area contributed by atoms with E-state index in [1.807, 2.05) is 0 Å². The van der Waals surface area contributed by atoms with Gasteiger partial charge in [0.25, 0.3) is 0 Å². The van der Waals surface area contributed by atoms with Gasteiger partial charge in [0, 0.05) is 44.2 Å². The molecule has 6 nitrogen and oxygen atoms in total. The highest BCUT2D eigenvalue weighted by Gasteiger charge is 2.17. The number of hydrogen-bond acceptors (Lipinski definition) is 5. The van der Waals surface area contributed by atoms with Gasteiger partial charge in [0.1, 0.15) is 17.5 Å². The van der Waals surface area contributed by atoms with E-state index in [9.17, 15) is 18.7 Å². The summed E-state index contributed by atoms with van der Waals surface area (Å²) in [6.07, 6.45) is 8.78. The third-order valence-electron chi connectivity index (χ3n) is 4.57. The molecule has 0 bridgehead atoms. The summed E-state index contributed by atoms with van der Waals surface area (Å²) in [6.45, 7) is 0.452. The molecule has 3 rings (SSSR count). The number of halogens is 2. The molecule has 0 saturated carbocycles. The van der Waals surface area contributed by atoms with E-state index in [0.717, 1.165) is 18.0 Å². The number of ketones is 1. The van der Waals surface area contributed by atoms with Crippen LogP contribution in [0, 0.1) is 11.6 Å². The van der Waals surface area contributed by atoms with Crippen molar-refractivity contribution in [2.45, 2.75) is 18.9 Å². The van der Waals surface area contributed by atoms with Gasteiger partial charge in [-0.3, -0.25) is 14.8 Å². The van der Waals surface area contributed by atoms with Crippen LogP contribution in [0.4, 0.5) is 8.78 Å². The van der Waals surface area contributed by atoms with Crippen LogP contribution < -0.4 is 0 Å². The second-order valence-corrected chi connectivity index (χ2v) is 6.59. The Kier molecular flexibility index (Phi) is 6.79. The highest BCUT2D eigenvalue weighted by Crippen LogP contribution is 2.29. The second-order valence-electron chi connectivity index (χ2n) is 6.59. The molecule has 0 saturated heterocycles. The van der Waals surface area contributed by atoms with Crippen LogP contribution in [0.3, 0.4) is 0 Å². The average molecular weight is 410 g/mol. The Bertz CT molecular complexity index is 1070. The fourth-order valence-electron chi connectivity index (χ4n) is 3.13. The molecule has 1 aromatic carbocycles. The Balaban J connectivity index is 1.85. The Morgan fingerprint density at radius 1 is 1.20 bits per heavy atom. The molecule has 1 N–H and O–H groups in total. The Morgan fingerprint density at radius 3 is 2.67 bits per heavy atom. The highest BCUT2D eigenvalue weighted by atomic mass is 19.1. The largest absolute Gasteiger partial charge is 0.504 e. The van der Waals surface area contributed by atoms with Crippen LogP contribution >= 0.6 is 0 Å². The van der Waals surface area contributed by atoms with Crippen LogP contribution in [0.15, 0.2) is 65.9 Å². The number of nitrogens with zero attached hydrogens (tertiary/aromatic N) is 4. The number of benzene rings is 1. The Morgan fingerprint density at radius 2 is 1.97 bits per heavy atom. The molecule has 30 heavy (non-hydrogen) atoms. The number of aliphatic imine (C=N–C) groups is 1. The number of aryl methyl sites for hydroxylation is 1. The Hall–Kier alpha value is -3.68. The first-order chi connectivity index (χ1) is 14.5. The molecule has 3 aromatic rings. The van der Waals surface area contributed by atoms with Crippen molar-refractivity contribution in [3.63, 3.8) is 0 Å². The quantitative estimate of drug-likeness (QED) is 0.346. The van der Waals surface area contributed by atoms with E-state index >= 15 is 0 Å². The minimum Gasteiger partial charge on any atom is -0.504 e. The summed E-state index contributed by atoms with van der Waals surface area (Å²) in [5.41, 5.74) is 1.48. The molecule has 2 heterocycles. The van der Waals surface area contributed by atoms with Crippen LogP contribution in [-0.4, -0.2) is 38.7 Å². The summed E-state index contributed by atoms with van der Waals surface area (Å²) >= 11 is 0. The van der Waals surface area contributed by atoms with Crippen molar-refractivity contribution < 1.29 is 18.7 Å². The van der Waals surface area contributed by atoms with Crippen LogP contribution in [0.2, 0.25) is 0 Å². The first-order valence-electron chi connectivity index (χ1n) is 9.22. The molecule has 0 radical (unpaired) electrons. The van der Waals surface area contributed by atoms with Crippen LogP contribution in [0.1, 0.15) is 29.3 Å². The van der Waals surface area contributed by atoms with Crippen molar-refractivity contribution in [1.82, 2.24) is 14.5 Å². The molecule has 0 aliphatic rings. The van der Waals surface area contributed by atoms with E-state index in [1.54, 1.807) is 35.3 Å². The standard InChI is InChI=1S/C22H20F2N4O2/c1-25-14-21(30)20(29)11-22-27-7-9-28(22)8-6-19(15-2-4-17(23)5-3-15)16-10-18(24)13-26-12-16/h2-5,7,9-14,19,29H,6,8H2,1H3/b20-11-,25-14?/t19-/m1/s1. The lowest BCUT2D eigenvalue weighted by Gasteiger charge is -2.18. The number of hydrogen-bond donors (Lipinski definition) is 1. The van der Waals surface area contributed by atoms with Crippen LogP contribution in [0.25, 0.3) is 6.08 Å². The summed E-state index contributed by atoms with van der Waals surface area (Å²) in [7, 11) is 1.43. The monoisotopic (exact) mass is 410 g/mol. The lowest BCUT2D eigenvalue weighted by atomic mass is 9.89. The smallest absolute Gasteiger partial charge is 0.237 e. The SMILES string of the molecule is CN=CC(=O)/C(O)=C/c1nccn1CC[C@H](c1ccc(F)cc1)c1cncc(F)c1. The number of aliphatic hydroxyl groups excluding tert-OH is 1. The maximum Gasteiger partial charge on any atom is 0.237 e. The molecule has 154 valence electrons. The zero-order chi connectivity index (χ0) is 21.5. The fraction of sp³-hybridized carbons (Fsp3) is 0.182.